The highest BCUT2D eigenvalue weighted by Crippen LogP contribution is 2.45. The maximum atomic E-state index is 12.6. The Morgan fingerprint density at radius 2 is 1.89 bits per heavy atom. The first-order valence-corrected chi connectivity index (χ1v) is 6.48. The zero-order valence-electron chi connectivity index (χ0n) is 11.2. The van der Waals surface area contributed by atoms with E-state index in [0.717, 1.165) is 18.6 Å². The molecule has 0 radical (unpaired) electrons. The predicted octanol–water partition coefficient (Wildman–Crippen LogP) is 4.19. The molecule has 0 spiro atoms. The second kappa shape index (κ2) is 4.51. The van der Waals surface area contributed by atoms with Crippen molar-refractivity contribution >= 4 is 0 Å². The van der Waals surface area contributed by atoms with Gasteiger partial charge < -0.3 is 5.11 Å². The van der Waals surface area contributed by atoms with Crippen LogP contribution in [-0.4, -0.2) is 10.7 Å². The fourth-order valence-electron chi connectivity index (χ4n) is 3.03. The van der Waals surface area contributed by atoms with Crippen LogP contribution in [0.5, 0.6) is 0 Å². The minimum atomic E-state index is -4.33. The van der Waals surface area contributed by atoms with Crippen molar-refractivity contribution in [2.24, 2.45) is 5.41 Å². The van der Waals surface area contributed by atoms with E-state index in [9.17, 15) is 18.3 Å². The SMILES string of the molecule is CC1(C)CCC(O)(Cc2cccc(C(F)(F)F)c2)C1. The molecule has 19 heavy (non-hydrogen) atoms. The van der Waals surface area contributed by atoms with Gasteiger partial charge in [-0.3, -0.25) is 0 Å². The minimum Gasteiger partial charge on any atom is -0.390 e. The van der Waals surface area contributed by atoms with Crippen molar-refractivity contribution in [3.63, 3.8) is 0 Å². The third kappa shape index (κ3) is 3.50. The van der Waals surface area contributed by atoms with Crippen molar-refractivity contribution in [1.82, 2.24) is 0 Å². The third-order valence-corrected chi connectivity index (χ3v) is 3.86. The summed E-state index contributed by atoms with van der Waals surface area (Å²) in [4.78, 5) is 0. The topological polar surface area (TPSA) is 20.2 Å². The van der Waals surface area contributed by atoms with Gasteiger partial charge in [0.1, 0.15) is 0 Å². The van der Waals surface area contributed by atoms with Crippen molar-refractivity contribution in [3.05, 3.63) is 35.4 Å². The zero-order chi connectivity index (χ0) is 14.3. The first-order valence-electron chi connectivity index (χ1n) is 6.48. The Morgan fingerprint density at radius 3 is 2.42 bits per heavy atom. The van der Waals surface area contributed by atoms with Gasteiger partial charge in [0.15, 0.2) is 0 Å². The predicted molar refractivity (Wildman–Crippen MR) is 67.7 cm³/mol. The molecular formula is C15H19F3O. The Labute approximate surface area is 111 Å². The molecule has 0 amide bonds. The van der Waals surface area contributed by atoms with E-state index >= 15 is 0 Å². The van der Waals surface area contributed by atoms with E-state index in [2.05, 4.69) is 13.8 Å². The Bertz CT molecular complexity index is 465. The highest BCUT2D eigenvalue weighted by atomic mass is 19.4. The number of rotatable bonds is 2. The first-order chi connectivity index (χ1) is 8.60. The van der Waals surface area contributed by atoms with Gasteiger partial charge >= 0.3 is 6.18 Å². The van der Waals surface area contributed by atoms with Gasteiger partial charge in [0.05, 0.1) is 11.2 Å². The fourth-order valence-corrected chi connectivity index (χ4v) is 3.03. The summed E-state index contributed by atoms with van der Waals surface area (Å²) in [5.41, 5.74) is -0.898. The summed E-state index contributed by atoms with van der Waals surface area (Å²) in [6, 6.07) is 5.26. The smallest absolute Gasteiger partial charge is 0.390 e. The van der Waals surface area contributed by atoms with E-state index in [1.54, 1.807) is 6.07 Å². The lowest BCUT2D eigenvalue weighted by molar-refractivity contribution is -0.137. The van der Waals surface area contributed by atoms with Crippen molar-refractivity contribution in [3.8, 4) is 0 Å². The number of halogens is 3. The van der Waals surface area contributed by atoms with Crippen molar-refractivity contribution < 1.29 is 18.3 Å². The summed E-state index contributed by atoms with van der Waals surface area (Å²) < 4.78 is 37.9. The quantitative estimate of drug-likeness (QED) is 0.856. The molecular weight excluding hydrogens is 253 g/mol. The maximum Gasteiger partial charge on any atom is 0.416 e. The summed E-state index contributed by atoms with van der Waals surface area (Å²) in [7, 11) is 0. The van der Waals surface area contributed by atoms with E-state index in [-0.39, 0.29) is 5.41 Å². The summed E-state index contributed by atoms with van der Waals surface area (Å²) in [5.74, 6) is 0. The van der Waals surface area contributed by atoms with Gasteiger partial charge in [-0.1, -0.05) is 32.0 Å². The monoisotopic (exact) mass is 272 g/mol. The van der Waals surface area contributed by atoms with Gasteiger partial charge in [0.25, 0.3) is 0 Å². The van der Waals surface area contributed by atoms with E-state index in [1.165, 1.54) is 6.07 Å². The number of hydrogen-bond acceptors (Lipinski definition) is 1. The number of hydrogen-bond donors (Lipinski definition) is 1. The molecule has 0 saturated heterocycles. The van der Waals surface area contributed by atoms with Crippen LogP contribution in [0.25, 0.3) is 0 Å². The standard InChI is InChI=1S/C15H19F3O/c1-13(2)6-7-14(19,10-13)9-11-4-3-5-12(8-11)15(16,17)18/h3-5,8,19H,6-7,9-10H2,1-2H3. The molecule has 0 aromatic heterocycles. The van der Waals surface area contributed by atoms with Crippen molar-refractivity contribution in [2.75, 3.05) is 0 Å². The van der Waals surface area contributed by atoms with Gasteiger partial charge in [-0.25, -0.2) is 0 Å². The molecule has 0 bridgehead atoms. The van der Waals surface area contributed by atoms with Gasteiger partial charge in [0.2, 0.25) is 0 Å². The van der Waals surface area contributed by atoms with Crippen LogP contribution in [0.1, 0.15) is 44.2 Å². The molecule has 1 aliphatic carbocycles. The Kier molecular flexibility index (Phi) is 3.42. The Morgan fingerprint density at radius 1 is 1.21 bits per heavy atom. The van der Waals surface area contributed by atoms with Crippen LogP contribution in [0.15, 0.2) is 24.3 Å². The van der Waals surface area contributed by atoms with E-state index in [1.807, 2.05) is 0 Å². The van der Waals surface area contributed by atoms with Crippen LogP contribution in [0, 0.1) is 5.41 Å². The summed E-state index contributed by atoms with van der Waals surface area (Å²) >= 11 is 0. The average molecular weight is 272 g/mol. The largest absolute Gasteiger partial charge is 0.416 e. The number of benzene rings is 1. The van der Waals surface area contributed by atoms with Crippen LogP contribution in [-0.2, 0) is 12.6 Å². The number of alkyl halides is 3. The van der Waals surface area contributed by atoms with E-state index < -0.39 is 17.3 Å². The second-order valence-electron chi connectivity index (χ2n) is 6.44. The minimum absolute atomic E-state index is 0.0659. The molecule has 1 N–H and O–H groups in total. The lowest BCUT2D eigenvalue weighted by Gasteiger charge is -2.25. The highest BCUT2D eigenvalue weighted by Gasteiger charge is 2.41. The molecule has 4 heteroatoms. The first kappa shape index (κ1) is 14.4. The lowest BCUT2D eigenvalue weighted by Crippen LogP contribution is -2.29. The van der Waals surface area contributed by atoms with Crippen LogP contribution >= 0.6 is 0 Å². The molecule has 1 nitrogen and oxygen atoms in total. The molecule has 1 unspecified atom stereocenters. The molecule has 0 aliphatic heterocycles. The third-order valence-electron chi connectivity index (χ3n) is 3.86. The summed E-state index contributed by atoms with van der Waals surface area (Å²) in [6.07, 6.45) is -1.84. The number of aliphatic hydroxyl groups is 1. The maximum absolute atomic E-state index is 12.6. The average Bonchev–Trinajstić information content (AvgIpc) is 2.52. The van der Waals surface area contributed by atoms with Gasteiger partial charge in [-0.05, 0) is 36.3 Å². The molecule has 1 aromatic carbocycles. The molecule has 1 atom stereocenters. The second-order valence-corrected chi connectivity index (χ2v) is 6.44. The summed E-state index contributed by atoms with van der Waals surface area (Å²) in [6.45, 7) is 4.16. The molecule has 2 rings (SSSR count). The van der Waals surface area contributed by atoms with Crippen molar-refractivity contribution in [2.45, 2.75) is 51.3 Å². The lowest BCUT2D eigenvalue weighted by atomic mass is 9.86. The molecule has 106 valence electrons. The van der Waals surface area contributed by atoms with Crippen LogP contribution in [0.3, 0.4) is 0 Å². The van der Waals surface area contributed by atoms with Crippen LogP contribution < -0.4 is 0 Å². The van der Waals surface area contributed by atoms with Crippen LogP contribution in [0.4, 0.5) is 13.2 Å². The van der Waals surface area contributed by atoms with Crippen molar-refractivity contribution in [1.29, 1.82) is 0 Å². The van der Waals surface area contributed by atoms with Gasteiger partial charge in [0, 0.05) is 6.42 Å². The normalized spacial score (nSPS) is 26.6. The molecule has 1 aromatic rings. The van der Waals surface area contributed by atoms with Gasteiger partial charge in [-0.2, -0.15) is 13.2 Å². The highest BCUT2D eigenvalue weighted by molar-refractivity contribution is 5.27. The molecule has 1 saturated carbocycles. The van der Waals surface area contributed by atoms with E-state index in [4.69, 9.17) is 0 Å². The van der Waals surface area contributed by atoms with Crippen LogP contribution in [0.2, 0.25) is 0 Å². The summed E-state index contributed by atoms with van der Waals surface area (Å²) in [5, 5.41) is 10.5. The Balaban J connectivity index is 2.16. The fraction of sp³-hybridized carbons (Fsp3) is 0.600. The Hall–Kier alpha value is -1.03. The molecule has 1 fully saturated rings. The molecule has 1 aliphatic rings. The zero-order valence-corrected chi connectivity index (χ0v) is 11.2. The molecule has 0 heterocycles. The van der Waals surface area contributed by atoms with Gasteiger partial charge in [-0.15, -0.1) is 0 Å². The van der Waals surface area contributed by atoms with E-state index in [0.29, 0.717) is 24.8 Å².